The summed E-state index contributed by atoms with van der Waals surface area (Å²) in [5.41, 5.74) is 1.65. The molecule has 1 heterocycles. The van der Waals surface area contributed by atoms with E-state index in [4.69, 9.17) is 27.9 Å². The van der Waals surface area contributed by atoms with E-state index < -0.39 is 0 Å². The highest BCUT2D eigenvalue weighted by Gasteiger charge is 2.18. The van der Waals surface area contributed by atoms with Crippen molar-refractivity contribution in [3.05, 3.63) is 83.6 Å². The Kier molecular flexibility index (Phi) is 6.96. The third-order valence-electron chi connectivity index (χ3n) is 4.33. The number of halogens is 2. The lowest BCUT2D eigenvalue weighted by Crippen LogP contribution is -2.34. The van der Waals surface area contributed by atoms with E-state index >= 15 is 0 Å². The number of amides is 1. The molecule has 0 N–H and O–H groups in total. The smallest absolute Gasteiger partial charge is 0.243 e. The third kappa shape index (κ3) is 5.00. The van der Waals surface area contributed by atoms with Gasteiger partial charge in [0.05, 0.1) is 16.1 Å². The minimum atomic E-state index is -0.0567. The Labute approximate surface area is 179 Å². The molecule has 2 aromatic carbocycles. The maximum atomic E-state index is 12.9. The van der Waals surface area contributed by atoms with Gasteiger partial charge in [0.25, 0.3) is 0 Å². The number of hydrogen-bond donors (Lipinski definition) is 0. The number of aromatic nitrogens is 2. The van der Waals surface area contributed by atoms with Crippen LogP contribution in [0.25, 0.3) is 11.0 Å². The van der Waals surface area contributed by atoms with Gasteiger partial charge in [-0.3, -0.25) is 4.79 Å². The first-order valence-corrected chi connectivity index (χ1v) is 9.80. The van der Waals surface area contributed by atoms with E-state index in [0.29, 0.717) is 34.7 Å². The maximum Gasteiger partial charge on any atom is 0.243 e. The van der Waals surface area contributed by atoms with Crippen LogP contribution < -0.4 is 4.74 Å². The van der Waals surface area contributed by atoms with E-state index in [1.54, 1.807) is 35.3 Å². The van der Waals surface area contributed by atoms with Gasteiger partial charge in [-0.15, -0.1) is 13.2 Å². The highest BCUT2D eigenvalue weighted by atomic mass is 35.5. The van der Waals surface area contributed by atoms with E-state index in [1.807, 2.05) is 28.8 Å². The fourth-order valence-electron chi connectivity index (χ4n) is 2.97. The van der Waals surface area contributed by atoms with Crippen LogP contribution >= 0.6 is 23.2 Å². The maximum absolute atomic E-state index is 12.9. The van der Waals surface area contributed by atoms with Gasteiger partial charge in [-0.25, -0.2) is 4.98 Å². The summed E-state index contributed by atoms with van der Waals surface area (Å²) in [4.78, 5) is 19.2. The molecule has 29 heavy (non-hydrogen) atoms. The molecule has 0 unspecified atom stereocenters. The molecular formula is C22H21Cl2N3O2. The lowest BCUT2D eigenvalue weighted by Gasteiger charge is -2.20. The number of nitrogens with zero attached hydrogens (tertiary/aromatic N) is 3. The molecule has 0 aliphatic rings. The Bertz CT molecular complexity index is 1040. The second kappa shape index (κ2) is 9.63. The fourth-order valence-corrected chi connectivity index (χ4v) is 3.43. The molecule has 5 nitrogen and oxygen atoms in total. The first-order chi connectivity index (χ1) is 14.0. The molecule has 0 aliphatic heterocycles. The van der Waals surface area contributed by atoms with E-state index in [9.17, 15) is 4.79 Å². The molecule has 1 amide bonds. The molecule has 0 saturated carbocycles. The first kappa shape index (κ1) is 21.0. The van der Waals surface area contributed by atoms with E-state index in [-0.39, 0.29) is 19.1 Å². The number of imidazole rings is 1. The Balaban J connectivity index is 1.88. The molecule has 7 heteroatoms. The van der Waals surface area contributed by atoms with E-state index in [0.717, 1.165) is 11.0 Å². The summed E-state index contributed by atoms with van der Waals surface area (Å²) in [6.07, 6.45) is 3.39. The SMILES string of the molecule is C=CCN(CC=C)C(=O)Cn1c(COc2ccc(Cl)cc2Cl)nc2ccccc21. The summed E-state index contributed by atoms with van der Waals surface area (Å²) in [6, 6.07) is 12.7. The molecule has 150 valence electrons. The van der Waals surface area contributed by atoms with Crippen LogP contribution in [-0.2, 0) is 17.9 Å². The van der Waals surface area contributed by atoms with Crippen LogP contribution in [0, 0.1) is 0 Å². The zero-order valence-corrected chi connectivity index (χ0v) is 17.4. The molecule has 0 spiro atoms. The summed E-state index contributed by atoms with van der Waals surface area (Å²) in [6.45, 7) is 8.63. The molecular weight excluding hydrogens is 409 g/mol. The molecule has 0 fully saturated rings. The number of carbonyl (C=O) groups is 1. The lowest BCUT2D eigenvalue weighted by atomic mass is 10.3. The summed E-state index contributed by atoms with van der Waals surface area (Å²) >= 11 is 12.1. The van der Waals surface area contributed by atoms with Crippen LogP contribution in [0.4, 0.5) is 0 Å². The van der Waals surface area contributed by atoms with Gasteiger partial charge in [-0.2, -0.15) is 0 Å². The highest BCUT2D eigenvalue weighted by molar-refractivity contribution is 6.35. The number of carbonyl (C=O) groups excluding carboxylic acids is 1. The van der Waals surface area contributed by atoms with Crippen molar-refractivity contribution < 1.29 is 9.53 Å². The molecule has 0 saturated heterocycles. The zero-order valence-electron chi connectivity index (χ0n) is 15.9. The van der Waals surface area contributed by atoms with E-state index in [1.165, 1.54) is 0 Å². The molecule has 0 radical (unpaired) electrons. The standard InChI is InChI=1S/C22H21Cl2N3O2/c1-3-11-26(12-4-2)22(28)14-27-19-8-6-5-7-18(19)25-21(27)15-29-20-10-9-16(23)13-17(20)24/h3-10,13H,1-2,11-12,14-15H2. The van der Waals surface area contributed by atoms with Crippen molar-refractivity contribution in [2.45, 2.75) is 13.2 Å². The molecule has 0 bridgehead atoms. The Morgan fingerprint density at radius 1 is 1.14 bits per heavy atom. The molecule has 3 aromatic rings. The van der Waals surface area contributed by atoms with Crippen LogP contribution in [0.1, 0.15) is 5.82 Å². The third-order valence-corrected chi connectivity index (χ3v) is 4.86. The number of ether oxygens (including phenoxy) is 1. The van der Waals surface area contributed by atoms with Gasteiger partial charge in [-0.05, 0) is 30.3 Å². The highest BCUT2D eigenvalue weighted by Crippen LogP contribution is 2.28. The van der Waals surface area contributed by atoms with Crippen molar-refractivity contribution in [1.29, 1.82) is 0 Å². The predicted molar refractivity (Wildman–Crippen MR) is 118 cm³/mol. The topological polar surface area (TPSA) is 47.4 Å². The van der Waals surface area contributed by atoms with Crippen LogP contribution in [0.5, 0.6) is 5.75 Å². The van der Waals surface area contributed by atoms with Crippen LogP contribution in [-0.4, -0.2) is 33.4 Å². The number of hydrogen-bond acceptors (Lipinski definition) is 3. The monoisotopic (exact) mass is 429 g/mol. The van der Waals surface area contributed by atoms with Gasteiger partial charge in [0.1, 0.15) is 24.7 Å². The number of benzene rings is 2. The zero-order chi connectivity index (χ0) is 20.8. The Morgan fingerprint density at radius 2 is 1.86 bits per heavy atom. The quantitative estimate of drug-likeness (QED) is 0.443. The van der Waals surface area contributed by atoms with Crippen molar-refractivity contribution in [3.63, 3.8) is 0 Å². The van der Waals surface area contributed by atoms with Crippen molar-refractivity contribution in [3.8, 4) is 5.75 Å². The fraction of sp³-hybridized carbons (Fsp3) is 0.182. The molecule has 3 rings (SSSR count). The Hall–Kier alpha value is -2.76. The average Bonchev–Trinajstić information content (AvgIpc) is 3.04. The van der Waals surface area contributed by atoms with Crippen molar-refractivity contribution in [2.24, 2.45) is 0 Å². The lowest BCUT2D eigenvalue weighted by molar-refractivity contribution is -0.130. The molecule has 1 aromatic heterocycles. The number of fused-ring (bicyclic) bond motifs is 1. The molecule has 0 atom stereocenters. The van der Waals surface area contributed by atoms with Crippen LogP contribution in [0.3, 0.4) is 0 Å². The second-order valence-corrected chi connectivity index (χ2v) is 7.19. The normalized spacial score (nSPS) is 10.7. The van der Waals surface area contributed by atoms with Crippen molar-refractivity contribution >= 4 is 40.1 Å². The van der Waals surface area contributed by atoms with Gasteiger partial charge in [0.2, 0.25) is 5.91 Å². The first-order valence-electron chi connectivity index (χ1n) is 9.05. The minimum Gasteiger partial charge on any atom is -0.484 e. The van der Waals surface area contributed by atoms with Crippen LogP contribution in [0.2, 0.25) is 10.0 Å². The van der Waals surface area contributed by atoms with Crippen molar-refractivity contribution in [1.82, 2.24) is 14.5 Å². The van der Waals surface area contributed by atoms with Crippen molar-refractivity contribution in [2.75, 3.05) is 13.1 Å². The van der Waals surface area contributed by atoms with Gasteiger partial charge in [-0.1, -0.05) is 47.5 Å². The van der Waals surface area contributed by atoms with Gasteiger partial charge in [0, 0.05) is 18.1 Å². The summed E-state index contributed by atoms with van der Waals surface area (Å²) in [7, 11) is 0. The Morgan fingerprint density at radius 3 is 2.55 bits per heavy atom. The van der Waals surface area contributed by atoms with Gasteiger partial charge in [0.15, 0.2) is 0 Å². The minimum absolute atomic E-state index is 0.0567. The predicted octanol–water partition coefficient (Wildman–Crippen LogP) is 5.12. The summed E-state index contributed by atoms with van der Waals surface area (Å²) < 4.78 is 7.72. The van der Waals surface area contributed by atoms with Gasteiger partial charge >= 0.3 is 0 Å². The second-order valence-electron chi connectivity index (χ2n) is 6.34. The van der Waals surface area contributed by atoms with Gasteiger partial charge < -0.3 is 14.2 Å². The van der Waals surface area contributed by atoms with E-state index in [2.05, 4.69) is 18.1 Å². The number of para-hydroxylation sites is 2. The summed E-state index contributed by atoms with van der Waals surface area (Å²) in [5.74, 6) is 1.07. The average molecular weight is 430 g/mol. The van der Waals surface area contributed by atoms with Crippen LogP contribution in [0.15, 0.2) is 67.8 Å². The largest absolute Gasteiger partial charge is 0.484 e. The molecule has 0 aliphatic carbocycles. The summed E-state index contributed by atoms with van der Waals surface area (Å²) in [5, 5.41) is 0.948. The number of rotatable bonds is 9.